The standard InChI is InChI=1S/C21H26FN5O/c1-16-3-2-8-27(15-16)21-23-13-17(14-24-21)20(28)26-11-9-25(10-12-26)19-6-4-18(22)5-7-19/h4-7,13-14,16H,2-3,8-12,15H2,1H3. The molecule has 28 heavy (non-hydrogen) atoms. The second-order valence-corrected chi connectivity index (χ2v) is 7.72. The van der Waals surface area contributed by atoms with Crippen molar-refractivity contribution in [1.82, 2.24) is 14.9 Å². The summed E-state index contributed by atoms with van der Waals surface area (Å²) in [5.74, 6) is 1.10. The van der Waals surface area contributed by atoms with E-state index in [2.05, 4.69) is 26.7 Å². The molecule has 7 heteroatoms. The minimum atomic E-state index is -0.236. The van der Waals surface area contributed by atoms with Gasteiger partial charge in [-0.15, -0.1) is 0 Å². The number of amides is 1. The summed E-state index contributed by atoms with van der Waals surface area (Å²) in [7, 11) is 0. The molecule has 2 aliphatic rings. The lowest BCUT2D eigenvalue weighted by Gasteiger charge is -2.36. The van der Waals surface area contributed by atoms with E-state index < -0.39 is 0 Å². The average molecular weight is 383 g/mol. The van der Waals surface area contributed by atoms with Crippen LogP contribution in [0.1, 0.15) is 30.1 Å². The third-order valence-corrected chi connectivity index (χ3v) is 5.58. The minimum Gasteiger partial charge on any atom is -0.368 e. The molecule has 0 bridgehead atoms. The maximum absolute atomic E-state index is 13.1. The van der Waals surface area contributed by atoms with Crippen molar-refractivity contribution in [2.75, 3.05) is 49.1 Å². The molecule has 1 atom stereocenters. The number of nitrogens with zero attached hydrogens (tertiary/aromatic N) is 5. The van der Waals surface area contributed by atoms with Gasteiger partial charge < -0.3 is 14.7 Å². The Morgan fingerprint density at radius 2 is 1.68 bits per heavy atom. The van der Waals surface area contributed by atoms with Crippen molar-refractivity contribution in [2.24, 2.45) is 5.92 Å². The summed E-state index contributed by atoms with van der Waals surface area (Å²) in [6.07, 6.45) is 5.70. The number of piperidine rings is 1. The fourth-order valence-corrected chi connectivity index (χ4v) is 3.97. The minimum absolute atomic E-state index is 0.0303. The Labute approximate surface area is 165 Å². The van der Waals surface area contributed by atoms with Crippen LogP contribution in [-0.4, -0.2) is 60.0 Å². The number of benzene rings is 1. The molecular formula is C21H26FN5O. The van der Waals surface area contributed by atoms with Crippen LogP contribution in [0.25, 0.3) is 0 Å². The third kappa shape index (κ3) is 4.08. The summed E-state index contributed by atoms with van der Waals surface area (Å²) in [5.41, 5.74) is 1.51. The van der Waals surface area contributed by atoms with Gasteiger partial charge in [-0.1, -0.05) is 6.92 Å². The Kier molecular flexibility index (Phi) is 5.41. The van der Waals surface area contributed by atoms with Crippen molar-refractivity contribution in [2.45, 2.75) is 19.8 Å². The van der Waals surface area contributed by atoms with Crippen LogP contribution in [0.4, 0.5) is 16.0 Å². The lowest BCUT2D eigenvalue weighted by atomic mass is 10.0. The van der Waals surface area contributed by atoms with Crippen molar-refractivity contribution in [1.29, 1.82) is 0 Å². The number of hydrogen-bond acceptors (Lipinski definition) is 5. The number of carbonyl (C=O) groups is 1. The van der Waals surface area contributed by atoms with Crippen LogP contribution < -0.4 is 9.80 Å². The zero-order valence-corrected chi connectivity index (χ0v) is 16.2. The van der Waals surface area contributed by atoms with Crippen LogP contribution in [0.3, 0.4) is 0 Å². The van der Waals surface area contributed by atoms with Crippen molar-refractivity contribution < 1.29 is 9.18 Å². The zero-order chi connectivity index (χ0) is 19.5. The van der Waals surface area contributed by atoms with E-state index in [9.17, 15) is 9.18 Å². The molecule has 1 amide bonds. The molecule has 1 unspecified atom stereocenters. The Hall–Kier alpha value is -2.70. The molecule has 1 aromatic carbocycles. The molecule has 0 radical (unpaired) electrons. The second kappa shape index (κ2) is 8.12. The Bertz CT molecular complexity index is 803. The molecule has 0 saturated carbocycles. The van der Waals surface area contributed by atoms with Crippen LogP contribution in [0.2, 0.25) is 0 Å². The molecule has 2 fully saturated rings. The van der Waals surface area contributed by atoms with Crippen LogP contribution >= 0.6 is 0 Å². The molecule has 2 aromatic rings. The van der Waals surface area contributed by atoms with Gasteiger partial charge in [0.25, 0.3) is 5.91 Å². The predicted molar refractivity (Wildman–Crippen MR) is 107 cm³/mol. The molecule has 0 N–H and O–H groups in total. The SMILES string of the molecule is CC1CCCN(c2ncc(C(=O)N3CCN(c4ccc(F)cc4)CC3)cn2)C1. The van der Waals surface area contributed by atoms with Gasteiger partial charge in [0.1, 0.15) is 5.82 Å². The maximum Gasteiger partial charge on any atom is 0.257 e. The summed E-state index contributed by atoms with van der Waals surface area (Å²) in [6.45, 7) is 6.89. The van der Waals surface area contributed by atoms with E-state index in [4.69, 9.17) is 0 Å². The number of aromatic nitrogens is 2. The maximum atomic E-state index is 13.1. The van der Waals surface area contributed by atoms with Crippen LogP contribution in [-0.2, 0) is 0 Å². The average Bonchev–Trinajstić information content (AvgIpc) is 2.74. The number of anilines is 2. The lowest BCUT2D eigenvalue weighted by Crippen LogP contribution is -2.48. The normalized spacial score (nSPS) is 20.4. The Morgan fingerprint density at radius 3 is 2.32 bits per heavy atom. The summed E-state index contributed by atoms with van der Waals surface area (Å²) < 4.78 is 13.1. The number of halogens is 1. The summed E-state index contributed by atoms with van der Waals surface area (Å²) in [4.78, 5) is 27.9. The van der Waals surface area contributed by atoms with Gasteiger partial charge in [-0.25, -0.2) is 14.4 Å². The molecule has 6 nitrogen and oxygen atoms in total. The van der Waals surface area contributed by atoms with Gasteiger partial charge in [-0.2, -0.15) is 0 Å². The molecule has 0 aliphatic carbocycles. The van der Waals surface area contributed by atoms with Crippen LogP contribution in [0, 0.1) is 11.7 Å². The first-order valence-electron chi connectivity index (χ1n) is 9.97. The fraction of sp³-hybridized carbons (Fsp3) is 0.476. The van der Waals surface area contributed by atoms with Crippen molar-refractivity contribution in [3.63, 3.8) is 0 Å². The first-order chi connectivity index (χ1) is 13.6. The highest BCUT2D eigenvalue weighted by Crippen LogP contribution is 2.20. The highest BCUT2D eigenvalue weighted by atomic mass is 19.1. The van der Waals surface area contributed by atoms with Gasteiger partial charge >= 0.3 is 0 Å². The molecule has 2 saturated heterocycles. The number of rotatable bonds is 3. The number of piperazine rings is 1. The topological polar surface area (TPSA) is 52.6 Å². The largest absolute Gasteiger partial charge is 0.368 e. The smallest absolute Gasteiger partial charge is 0.257 e. The number of carbonyl (C=O) groups excluding carboxylic acids is 1. The van der Waals surface area contributed by atoms with E-state index in [1.807, 2.05) is 4.90 Å². The molecule has 4 rings (SSSR count). The van der Waals surface area contributed by atoms with Crippen LogP contribution in [0.15, 0.2) is 36.7 Å². The molecule has 0 spiro atoms. The van der Waals surface area contributed by atoms with E-state index in [0.717, 1.165) is 38.3 Å². The van der Waals surface area contributed by atoms with Crippen molar-refractivity contribution in [3.8, 4) is 0 Å². The molecule has 2 aliphatic heterocycles. The van der Waals surface area contributed by atoms with Gasteiger partial charge in [0.2, 0.25) is 5.95 Å². The zero-order valence-electron chi connectivity index (χ0n) is 16.2. The fourth-order valence-electron chi connectivity index (χ4n) is 3.97. The first kappa shape index (κ1) is 18.7. The molecule has 148 valence electrons. The van der Waals surface area contributed by atoms with Gasteiger partial charge in [-0.05, 0) is 43.0 Å². The predicted octanol–water partition coefficient (Wildman–Crippen LogP) is 2.81. The number of hydrogen-bond donors (Lipinski definition) is 0. The highest BCUT2D eigenvalue weighted by Gasteiger charge is 2.24. The Balaban J connectivity index is 1.35. The van der Waals surface area contributed by atoms with E-state index in [1.165, 1.54) is 18.6 Å². The lowest BCUT2D eigenvalue weighted by molar-refractivity contribution is 0.0746. The van der Waals surface area contributed by atoms with Crippen LogP contribution in [0.5, 0.6) is 0 Å². The van der Waals surface area contributed by atoms with E-state index >= 15 is 0 Å². The van der Waals surface area contributed by atoms with Gasteiger partial charge in [-0.3, -0.25) is 4.79 Å². The van der Waals surface area contributed by atoms with Gasteiger partial charge in [0, 0.05) is 57.3 Å². The first-order valence-corrected chi connectivity index (χ1v) is 9.97. The summed E-state index contributed by atoms with van der Waals surface area (Å²) in [5, 5.41) is 0. The summed E-state index contributed by atoms with van der Waals surface area (Å²) in [6, 6.07) is 6.49. The van der Waals surface area contributed by atoms with E-state index in [1.54, 1.807) is 24.5 Å². The second-order valence-electron chi connectivity index (χ2n) is 7.72. The summed E-state index contributed by atoms with van der Waals surface area (Å²) >= 11 is 0. The van der Waals surface area contributed by atoms with E-state index in [-0.39, 0.29) is 11.7 Å². The third-order valence-electron chi connectivity index (χ3n) is 5.58. The van der Waals surface area contributed by atoms with Crippen molar-refractivity contribution in [3.05, 3.63) is 48.0 Å². The van der Waals surface area contributed by atoms with Gasteiger partial charge in [0.15, 0.2) is 0 Å². The van der Waals surface area contributed by atoms with E-state index in [0.29, 0.717) is 30.5 Å². The molecular weight excluding hydrogens is 357 g/mol. The van der Waals surface area contributed by atoms with Crippen molar-refractivity contribution >= 4 is 17.5 Å². The van der Waals surface area contributed by atoms with Gasteiger partial charge in [0.05, 0.1) is 5.56 Å². The monoisotopic (exact) mass is 383 g/mol. The molecule has 1 aromatic heterocycles. The quantitative estimate of drug-likeness (QED) is 0.816. The highest BCUT2D eigenvalue weighted by molar-refractivity contribution is 5.93. The molecule has 3 heterocycles. The Morgan fingerprint density at radius 1 is 1.00 bits per heavy atom.